The van der Waals surface area contributed by atoms with Gasteiger partial charge in [-0.3, -0.25) is 4.79 Å². The molecule has 0 atom stereocenters. The molecule has 19 heavy (non-hydrogen) atoms. The summed E-state index contributed by atoms with van der Waals surface area (Å²) in [4.78, 5) is 14.3. The fourth-order valence-electron chi connectivity index (χ4n) is 3.18. The van der Waals surface area contributed by atoms with E-state index in [-0.39, 0.29) is 18.3 Å². The summed E-state index contributed by atoms with van der Waals surface area (Å²) in [5, 5.41) is 3.45. The number of amides is 1. The molecule has 1 amide bonds. The highest BCUT2D eigenvalue weighted by Crippen LogP contribution is 2.37. The molecule has 0 bridgehead atoms. The molecule has 106 valence electrons. The van der Waals surface area contributed by atoms with Crippen LogP contribution < -0.4 is 5.32 Å². The predicted octanol–water partition coefficient (Wildman–Crippen LogP) is 2.23. The van der Waals surface area contributed by atoms with Gasteiger partial charge in [0, 0.05) is 19.6 Å². The SMILES string of the molecule is Cc1occc1C(=O)N1CCC2(CCNC2)CC1.Cl. The third kappa shape index (κ3) is 2.65. The first-order chi connectivity index (χ1) is 8.70. The maximum absolute atomic E-state index is 12.3. The minimum absolute atomic E-state index is 0. The van der Waals surface area contributed by atoms with Crippen molar-refractivity contribution in [2.45, 2.75) is 26.2 Å². The number of halogens is 1. The van der Waals surface area contributed by atoms with E-state index < -0.39 is 0 Å². The van der Waals surface area contributed by atoms with Crippen molar-refractivity contribution in [3.63, 3.8) is 0 Å². The Bertz CT molecular complexity index is 442. The number of hydrogen-bond donors (Lipinski definition) is 1. The third-order valence-corrected chi connectivity index (χ3v) is 4.53. The molecule has 3 heterocycles. The summed E-state index contributed by atoms with van der Waals surface area (Å²) >= 11 is 0. The standard InChI is InChI=1S/C14H20N2O2.ClH/c1-11-12(2-9-18-11)13(17)16-7-4-14(5-8-16)3-6-15-10-14;/h2,9,15H,3-8,10H2,1H3;1H. The van der Waals surface area contributed by atoms with Crippen LogP contribution in [0.1, 0.15) is 35.4 Å². The molecule has 2 aliphatic heterocycles. The quantitative estimate of drug-likeness (QED) is 0.860. The third-order valence-electron chi connectivity index (χ3n) is 4.53. The molecule has 0 aromatic carbocycles. The Balaban J connectivity index is 0.00000133. The summed E-state index contributed by atoms with van der Waals surface area (Å²) in [5.74, 6) is 0.852. The zero-order chi connectivity index (χ0) is 12.6. The van der Waals surface area contributed by atoms with E-state index in [0.717, 1.165) is 50.3 Å². The van der Waals surface area contributed by atoms with Gasteiger partial charge in [-0.05, 0) is 44.2 Å². The maximum atomic E-state index is 12.3. The normalized spacial score (nSPS) is 21.4. The van der Waals surface area contributed by atoms with Crippen LogP contribution in [0.25, 0.3) is 0 Å². The maximum Gasteiger partial charge on any atom is 0.257 e. The fraction of sp³-hybridized carbons (Fsp3) is 0.643. The molecule has 5 heteroatoms. The highest BCUT2D eigenvalue weighted by Gasteiger charge is 2.38. The van der Waals surface area contributed by atoms with Gasteiger partial charge in [-0.1, -0.05) is 0 Å². The average Bonchev–Trinajstić information content (AvgIpc) is 2.99. The number of rotatable bonds is 1. The molecular weight excluding hydrogens is 264 g/mol. The molecule has 1 aromatic heterocycles. The van der Waals surface area contributed by atoms with Crippen LogP contribution in [-0.2, 0) is 0 Å². The number of nitrogens with zero attached hydrogens (tertiary/aromatic N) is 1. The van der Waals surface area contributed by atoms with Gasteiger partial charge in [-0.25, -0.2) is 0 Å². The van der Waals surface area contributed by atoms with Crippen molar-refractivity contribution >= 4 is 18.3 Å². The summed E-state index contributed by atoms with van der Waals surface area (Å²) in [6, 6.07) is 1.78. The smallest absolute Gasteiger partial charge is 0.257 e. The highest BCUT2D eigenvalue weighted by atomic mass is 35.5. The van der Waals surface area contributed by atoms with Crippen LogP contribution in [0.15, 0.2) is 16.7 Å². The fourth-order valence-corrected chi connectivity index (χ4v) is 3.18. The molecule has 3 rings (SSSR count). The number of nitrogens with one attached hydrogen (secondary N) is 1. The van der Waals surface area contributed by atoms with E-state index in [2.05, 4.69) is 5.32 Å². The summed E-state index contributed by atoms with van der Waals surface area (Å²) < 4.78 is 5.21. The monoisotopic (exact) mass is 284 g/mol. The Hall–Kier alpha value is -1.00. The molecular formula is C14H21ClN2O2. The first kappa shape index (κ1) is 14.4. The topological polar surface area (TPSA) is 45.5 Å². The molecule has 1 N–H and O–H groups in total. The van der Waals surface area contributed by atoms with Crippen LogP contribution >= 0.6 is 12.4 Å². The first-order valence-electron chi connectivity index (χ1n) is 6.74. The number of likely N-dealkylation sites (tertiary alicyclic amines) is 1. The summed E-state index contributed by atoms with van der Waals surface area (Å²) in [5.41, 5.74) is 1.18. The van der Waals surface area contributed by atoms with E-state index in [4.69, 9.17) is 4.42 Å². The molecule has 0 saturated carbocycles. The minimum Gasteiger partial charge on any atom is -0.469 e. The number of aryl methyl sites for hydroxylation is 1. The lowest BCUT2D eigenvalue weighted by atomic mass is 9.78. The largest absolute Gasteiger partial charge is 0.469 e. The van der Waals surface area contributed by atoms with Gasteiger partial charge in [0.1, 0.15) is 5.76 Å². The Morgan fingerprint density at radius 1 is 1.37 bits per heavy atom. The lowest BCUT2D eigenvalue weighted by molar-refractivity contribution is 0.0606. The Kier molecular flexibility index (Phi) is 4.21. The van der Waals surface area contributed by atoms with Crippen LogP contribution in [0, 0.1) is 12.3 Å². The van der Waals surface area contributed by atoms with Crippen molar-refractivity contribution < 1.29 is 9.21 Å². The molecule has 2 fully saturated rings. The van der Waals surface area contributed by atoms with Crippen molar-refractivity contribution in [1.82, 2.24) is 10.2 Å². The molecule has 0 unspecified atom stereocenters. The lowest BCUT2D eigenvalue weighted by Crippen LogP contribution is -2.44. The van der Waals surface area contributed by atoms with Gasteiger partial charge in [-0.15, -0.1) is 12.4 Å². The Morgan fingerprint density at radius 2 is 2.11 bits per heavy atom. The zero-order valence-corrected chi connectivity index (χ0v) is 12.1. The Labute approximate surface area is 119 Å². The van der Waals surface area contributed by atoms with Crippen LogP contribution in [0.2, 0.25) is 0 Å². The van der Waals surface area contributed by atoms with Gasteiger partial charge in [0.2, 0.25) is 0 Å². The van der Waals surface area contributed by atoms with Crippen LogP contribution in [0.3, 0.4) is 0 Å². The van der Waals surface area contributed by atoms with Crippen molar-refractivity contribution in [3.05, 3.63) is 23.7 Å². The Morgan fingerprint density at radius 3 is 2.63 bits per heavy atom. The molecule has 2 aliphatic rings. The highest BCUT2D eigenvalue weighted by molar-refractivity contribution is 5.95. The minimum atomic E-state index is 0. The second kappa shape index (κ2) is 5.55. The second-order valence-corrected chi connectivity index (χ2v) is 5.61. The van der Waals surface area contributed by atoms with Gasteiger partial charge in [0.25, 0.3) is 5.91 Å². The van der Waals surface area contributed by atoms with E-state index in [0.29, 0.717) is 5.41 Å². The van der Waals surface area contributed by atoms with Crippen LogP contribution in [0.5, 0.6) is 0 Å². The van der Waals surface area contributed by atoms with Crippen molar-refractivity contribution in [2.24, 2.45) is 5.41 Å². The number of carbonyl (C=O) groups excluding carboxylic acids is 1. The van der Waals surface area contributed by atoms with E-state index in [1.165, 1.54) is 6.42 Å². The molecule has 2 saturated heterocycles. The van der Waals surface area contributed by atoms with E-state index >= 15 is 0 Å². The first-order valence-corrected chi connectivity index (χ1v) is 6.74. The molecule has 0 aliphatic carbocycles. The van der Waals surface area contributed by atoms with Gasteiger partial charge < -0.3 is 14.6 Å². The van der Waals surface area contributed by atoms with Crippen LogP contribution in [-0.4, -0.2) is 37.0 Å². The van der Waals surface area contributed by atoms with Crippen LogP contribution in [0.4, 0.5) is 0 Å². The molecule has 1 aromatic rings. The van der Waals surface area contributed by atoms with Gasteiger partial charge in [0.15, 0.2) is 0 Å². The van der Waals surface area contributed by atoms with E-state index in [1.54, 1.807) is 12.3 Å². The van der Waals surface area contributed by atoms with Crippen molar-refractivity contribution in [1.29, 1.82) is 0 Å². The molecule has 0 radical (unpaired) electrons. The number of carbonyl (C=O) groups is 1. The number of piperidine rings is 1. The second-order valence-electron chi connectivity index (χ2n) is 5.61. The summed E-state index contributed by atoms with van der Waals surface area (Å²) in [6.07, 6.45) is 5.11. The van der Waals surface area contributed by atoms with Gasteiger partial charge in [-0.2, -0.15) is 0 Å². The summed E-state index contributed by atoms with van der Waals surface area (Å²) in [7, 11) is 0. The van der Waals surface area contributed by atoms with E-state index in [1.807, 2.05) is 11.8 Å². The zero-order valence-electron chi connectivity index (χ0n) is 11.3. The predicted molar refractivity (Wildman–Crippen MR) is 75.8 cm³/mol. The van der Waals surface area contributed by atoms with Gasteiger partial charge in [0.05, 0.1) is 11.8 Å². The van der Waals surface area contributed by atoms with E-state index in [9.17, 15) is 4.79 Å². The number of furan rings is 1. The number of hydrogen-bond acceptors (Lipinski definition) is 3. The average molecular weight is 285 g/mol. The van der Waals surface area contributed by atoms with Gasteiger partial charge >= 0.3 is 0 Å². The molecule has 4 nitrogen and oxygen atoms in total. The lowest BCUT2D eigenvalue weighted by Gasteiger charge is -2.38. The molecule has 1 spiro atoms. The van der Waals surface area contributed by atoms with Crippen molar-refractivity contribution in [3.8, 4) is 0 Å². The van der Waals surface area contributed by atoms with Crippen molar-refractivity contribution in [2.75, 3.05) is 26.2 Å². The summed E-state index contributed by atoms with van der Waals surface area (Å²) in [6.45, 7) is 5.87.